The van der Waals surface area contributed by atoms with Crippen molar-refractivity contribution in [1.82, 2.24) is 0 Å². The summed E-state index contributed by atoms with van der Waals surface area (Å²) in [7, 11) is 1.75. The Bertz CT molecular complexity index is 328. The van der Waals surface area contributed by atoms with Crippen molar-refractivity contribution in [2.45, 2.75) is 39.0 Å². The maximum Gasteiger partial charge on any atom is 0.0462 e. The molecule has 0 heterocycles. The van der Waals surface area contributed by atoms with E-state index in [9.17, 15) is 0 Å². The van der Waals surface area contributed by atoms with E-state index < -0.39 is 0 Å². The number of ether oxygens (including phenoxy) is 1. The van der Waals surface area contributed by atoms with Crippen LogP contribution in [0.1, 0.15) is 39.2 Å². The SMILES string of the molecule is COCCCCNc1ccccc1C(C)(C)C. The Morgan fingerprint density at radius 1 is 1.12 bits per heavy atom. The number of rotatable bonds is 6. The van der Waals surface area contributed by atoms with Crippen LogP contribution in [0.3, 0.4) is 0 Å². The van der Waals surface area contributed by atoms with Gasteiger partial charge >= 0.3 is 0 Å². The van der Waals surface area contributed by atoms with Crippen LogP contribution in [-0.4, -0.2) is 20.3 Å². The summed E-state index contributed by atoms with van der Waals surface area (Å²) in [4.78, 5) is 0. The van der Waals surface area contributed by atoms with Gasteiger partial charge in [-0.2, -0.15) is 0 Å². The molecule has 0 aromatic heterocycles. The van der Waals surface area contributed by atoms with Crippen LogP contribution < -0.4 is 5.32 Å². The van der Waals surface area contributed by atoms with E-state index in [-0.39, 0.29) is 5.41 Å². The minimum absolute atomic E-state index is 0.191. The highest BCUT2D eigenvalue weighted by Gasteiger charge is 2.16. The lowest BCUT2D eigenvalue weighted by atomic mass is 9.86. The number of para-hydroxylation sites is 1. The second kappa shape index (κ2) is 6.65. The Kier molecular flexibility index (Phi) is 5.49. The summed E-state index contributed by atoms with van der Waals surface area (Å²) in [6.07, 6.45) is 2.26. The predicted molar refractivity (Wildman–Crippen MR) is 74.7 cm³/mol. The summed E-state index contributed by atoms with van der Waals surface area (Å²) in [6.45, 7) is 8.61. The van der Waals surface area contributed by atoms with E-state index >= 15 is 0 Å². The van der Waals surface area contributed by atoms with Gasteiger partial charge in [-0.1, -0.05) is 39.0 Å². The first kappa shape index (κ1) is 14.0. The number of nitrogens with one attached hydrogen (secondary N) is 1. The molecular formula is C15H25NO. The third-order valence-electron chi connectivity index (χ3n) is 2.83. The minimum atomic E-state index is 0.191. The monoisotopic (exact) mass is 235 g/mol. The molecular weight excluding hydrogens is 210 g/mol. The Balaban J connectivity index is 2.53. The summed E-state index contributed by atoms with van der Waals surface area (Å²) < 4.78 is 5.04. The number of anilines is 1. The van der Waals surface area contributed by atoms with Crippen LogP contribution in [0, 0.1) is 0 Å². The Hall–Kier alpha value is -1.02. The van der Waals surface area contributed by atoms with E-state index in [4.69, 9.17) is 4.74 Å². The Morgan fingerprint density at radius 2 is 1.82 bits per heavy atom. The van der Waals surface area contributed by atoms with Crippen LogP contribution in [-0.2, 0) is 10.2 Å². The van der Waals surface area contributed by atoms with Crippen molar-refractivity contribution < 1.29 is 4.74 Å². The van der Waals surface area contributed by atoms with Gasteiger partial charge in [0.05, 0.1) is 0 Å². The van der Waals surface area contributed by atoms with E-state index in [0.717, 1.165) is 26.0 Å². The molecule has 0 radical (unpaired) electrons. The van der Waals surface area contributed by atoms with Gasteiger partial charge in [-0.3, -0.25) is 0 Å². The van der Waals surface area contributed by atoms with Crippen molar-refractivity contribution in [2.75, 3.05) is 25.6 Å². The maximum atomic E-state index is 5.04. The zero-order chi connectivity index (χ0) is 12.7. The molecule has 1 aromatic rings. The van der Waals surface area contributed by atoms with E-state index in [1.165, 1.54) is 11.3 Å². The van der Waals surface area contributed by atoms with Crippen LogP contribution >= 0.6 is 0 Å². The summed E-state index contributed by atoms with van der Waals surface area (Å²) in [5, 5.41) is 3.52. The van der Waals surface area contributed by atoms with Gasteiger partial charge < -0.3 is 10.1 Å². The fourth-order valence-electron chi connectivity index (χ4n) is 1.89. The van der Waals surface area contributed by atoms with Crippen LogP contribution in [0.15, 0.2) is 24.3 Å². The Labute approximate surface area is 105 Å². The van der Waals surface area contributed by atoms with E-state index in [0.29, 0.717) is 0 Å². The van der Waals surface area contributed by atoms with Gasteiger partial charge in [0.25, 0.3) is 0 Å². The molecule has 1 rings (SSSR count). The van der Waals surface area contributed by atoms with Crippen LogP contribution in [0.25, 0.3) is 0 Å². The molecule has 0 atom stereocenters. The van der Waals surface area contributed by atoms with Crippen molar-refractivity contribution in [3.63, 3.8) is 0 Å². The normalized spacial score (nSPS) is 11.5. The fraction of sp³-hybridized carbons (Fsp3) is 0.600. The lowest BCUT2D eigenvalue weighted by molar-refractivity contribution is 0.194. The first-order valence-corrected chi connectivity index (χ1v) is 6.38. The molecule has 96 valence electrons. The fourth-order valence-corrected chi connectivity index (χ4v) is 1.89. The first-order chi connectivity index (χ1) is 8.05. The quantitative estimate of drug-likeness (QED) is 0.757. The number of hydrogen-bond donors (Lipinski definition) is 1. The molecule has 0 aliphatic rings. The summed E-state index contributed by atoms with van der Waals surface area (Å²) in [6, 6.07) is 8.57. The molecule has 0 aliphatic carbocycles. The largest absolute Gasteiger partial charge is 0.385 e. The Morgan fingerprint density at radius 3 is 2.47 bits per heavy atom. The average molecular weight is 235 g/mol. The standard InChI is InChI=1S/C15H25NO/c1-15(2,3)13-9-5-6-10-14(13)16-11-7-8-12-17-4/h5-6,9-10,16H,7-8,11-12H2,1-4H3. The van der Waals surface area contributed by atoms with Crippen molar-refractivity contribution >= 4 is 5.69 Å². The second-order valence-corrected chi connectivity index (χ2v) is 5.42. The molecule has 0 aliphatic heterocycles. The first-order valence-electron chi connectivity index (χ1n) is 6.38. The van der Waals surface area contributed by atoms with Gasteiger partial charge in [-0.25, -0.2) is 0 Å². The van der Waals surface area contributed by atoms with E-state index in [1.807, 2.05) is 0 Å². The summed E-state index contributed by atoms with van der Waals surface area (Å²) in [5.74, 6) is 0. The van der Waals surface area contributed by atoms with Gasteiger partial charge in [0.2, 0.25) is 0 Å². The molecule has 0 spiro atoms. The van der Waals surface area contributed by atoms with Crippen molar-refractivity contribution in [1.29, 1.82) is 0 Å². The molecule has 2 heteroatoms. The van der Waals surface area contributed by atoms with Gasteiger partial charge in [-0.05, 0) is 29.9 Å². The molecule has 0 bridgehead atoms. The third-order valence-corrected chi connectivity index (χ3v) is 2.83. The second-order valence-electron chi connectivity index (χ2n) is 5.42. The van der Waals surface area contributed by atoms with E-state index in [2.05, 4.69) is 50.4 Å². The molecule has 0 fully saturated rings. The predicted octanol–water partition coefficient (Wildman–Crippen LogP) is 3.82. The van der Waals surface area contributed by atoms with Crippen molar-refractivity contribution in [3.05, 3.63) is 29.8 Å². The summed E-state index contributed by atoms with van der Waals surface area (Å²) in [5.41, 5.74) is 2.83. The number of methoxy groups -OCH3 is 1. The molecule has 17 heavy (non-hydrogen) atoms. The van der Waals surface area contributed by atoms with Gasteiger partial charge in [0, 0.05) is 25.9 Å². The molecule has 2 nitrogen and oxygen atoms in total. The van der Waals surface area contributed by atoms with Crippen LogP contribution in [0.2, 0.25) is 0 Å². The topological polar surface area (TPSA) is 21.3 Å². The molecule has 0 saturated carbocycles. The number of unbranched alkanes of at least 4 members (excludes halogenated alkanes) is 1. The zero-order valence-electron chi connectivity index (χ0n) is 11.5. The van der Waals surface area contributed by atoms with E-state index in [1.54, 1.807) is 7.11 Å². The van der Waals surface area contributed by atoms with Crippen LogP contribution in [0.4, 0.5) is 5.69 Å². The minimum Gasteiger partial charge on any atom is -0.385 e. The molecule has 0 saturated heterocycles. The maximum absolute atomic E-state index is 5.04. The van der Waals surface area contributed by atoms with Crippen molar-refractivity contribution in [2.24, 2.45) is 0 Å². The average Bonchev–Trinajstić information content (AvgIpc) is 2.28. The molecule has 1 aromatic carbocycles. The molecule has 0 amide bonds. The van der Waals surface area contributed by atoms with Gasteiger partial charge in [0.15, 0.2) is 0 Å². The van der Waals surface area contributed by atoms with Gasteiger partial charge in [-0.15, -0.1) is 0 Å². The third kappa shape index (κ3) is 4.78. The highest BCUT2D eigenvalue weighted by Crippen LogP contribution is 2.29. The summed E-state index contributed by atoms with van der Waals surface area (Å²) >= 11 is 0. The number of hydrogen-bond acceptors (Lipinski definition) is 2. The van der Waals surface area contributed by atoms with Crippen LogP contribution in [0.5, 0.6) is 0 Å². The molecule has 0 unspecified atom stereocenters. The highest BCUT2D eigenvalue weighted by atomic mass is 16.5. The van der Waals surface area contributed by atoms with Crippen molar-refractivity contribution in [3.8, 4) is 0 Å². The lowest BCUT2D eigenvalue weighted by Gasteiger charge is -2.23. The smallest absolute Gasteiger partial charge is 0.0462 e. The van der Waals surface area contributed by atoms with Gasteiger partial charge in [0.1, 0.15) is 0 Å². The lowest BCUT2D eigenvalue weighted by Crippen LogP contribution is -2.15. The molecule has 1 N–H and O–H groups in total. The zero-order valence-corrected chi connectivity index (χ0v) is 11.5. The number of benzene rings is 1. The highest BCUT2D eigenvalue weighted by molar-refractivity contribution is 5.54.